The topological polar surface area (TPSA) is 59.2 Å². The van der Waals surface area contributed by atoms with Crippen LogP contribution in [0.3, 0.4) is 0 Å². The van der Waals surface area contributed by atoms with Gasteiger partial charge in [0, 0.05) is 22.7 Å². The van der Waals surface area contributed by atoms with Gasteiger partial charge in [-0.05, 0) is 61.4 Å². The molecule has 0 aliphatic rings. The number of aryl methyl sites for hydroxylation is 2. The molecule has 0 radical (unpaired) electrons. The number of hydrogen-bond acceptors (Lipinski definition) is 3. The summed E-state index contributed by atoms with van der Waals surface area (Å²) in [6, 6.07) is 19.8. The van der Waals surface area contributed by atoms with E-state index in [-0.39, 0.29) is 4.90 Å². The molecule has 0 fully saturated rings. The van der Waals surface area contributed by atoms with Gasteiger partial charge in [-0.3, -0.25) is 0 Å². The van der Waals surface area contributed by atoms with Gasteiger partial charge in [-0.25, -0.2) is 0 Å². The van der Waals surface area contributed by atoms with Crippen molar-refractivity contribution < 1.29 is 12.6 Å². The number of benzene rings is 3. The number of para-hydroxylation sites is 1. The first kappa shape index (κ1) is 17.4. The van der Waals surface area contributed by atoms with Crippen molar-refractivity contribution in [3.8, 4) is 16.9 Å². The van der Waals surface area contributed by atoms with Crippen molar-refractivity contribution in [3.05, 3.63) is 84.1 Å². The number of fused-ring (bicyclic) bond motifs is 1. The highest BCUT2D eigenvalue weighted by atomic mass is 32.2. The maximum Gasteiger partial charge on any atom is 0.339 e. The summed E-state index contributed by atoms with van der Waals surface area (Å²) in [5.74, 6) is 0.294. The maximum atomic E-state index is 12.7. The Hall–Kier alpha value is -3.05. The molecule has 4 nitrogen and oxygen atoms in total. The van der Waals surface area contributed by atoms with E-state index in [2.05, 4.69) is 11.1 Å². The summed E-state index contributed by atoms with van der Waals surface area (Å²) in [5, 5.41) is 1.07. The zero-order chi connectivity index (χ0) is 19.0. The predicted molar refractivity (Wildman–Crippen MR) is 107 cm³/mol. The number of aromatic nitrogens is 1. The van der Waals surface area contributed by atoms with Crippen LogP contribution in [0.15, 0.2) is 77.8 Å². The fourth-order valence-corrected chi connectivity index (χ4v) is 4.11. The molecule has 0 saturated heterocycles. The molecule has 4 aromatic rings. The van der Waals surface area contributed by atoms with Crippen LogP contribution in [0.1, 0.15) is 11.1 Å². The lowest BCUT2D eigenvalue weighted by Gasteiger charge is -2.10. The normalized spacial score (nSPS) is 11.6. The number of aromatic amines is 1. The van der Waals surface area contributed by atoms with E-state index in [4.69, 9.17) is 4.18 Å². The Labute approximate surface area is 158 Å². The van der Waals surface area contributed by atoms with Crippen molar-refractivity contribution in [1.82, 2.24) is 4.98 Å². The Balaban J connectivity index is 1.81. The molecule has 136 valence electrons. The van der Waals surface area contributed by atoms with Gasteiger partial charge in [-0.2, -0.15) is 8.42 Å². The second-order valence-corrected chi connectivity index (χ2v) is 8.12. The molecule has 27 heavy (non-hydrogen) atoms. The molecule has 0 unspecified atom stereocenters. The lowest BCUT2D eigenvalue weighted by atomic mass is 9.99. The summed E-state index contributed by atoms with van der Waals surface area (Å²) < 4.78 is 30.7. The smallest absolute Gasteiger partial charge is 0.339 e. The molecule has 0 atom stereocenters. The Morgan fingerprint density at radius 1 is 0.852 bits per heavy atom. The maximum absolute atomic E-state index is 12.7. The standard InChI is InChI=1S/C22H19NO3S/c1-15-8-11-22-20(12-15)21(14-23-22)19-13-18(10-9-16(19)2)27(24,25)26-17-6-4-3-5-7-17/h3-14,23H,1-2H3. The van der Waals surface area contributed by atoms with Gasteiger partial charge in [0.2, 0.25) is 0 Å². The summed E-state index contributed by atoms with van der Waals surface area (Å²) in [6.07, 6.45) is 1.92. The minimum atomic E-state index is -3.92. The summed E-state index contributed by atoms with van der Waals surface area (Å²) in [5.41, 5.74) is 5.00. The predicted octanol–water partition coefficient (Wildman–Crippen LogP) is 5.22. The van der Waals surface area contributed by atoms with Crippen molar-refractivity contribution in [2.24, 2.45) is 0 Å². The first-order valence-electron chi connectivity index (χ1n) is 8.62. The average Bonchev–Trinajstić information content (AvgIpc) is 3.05. The van der Waals surface area contributed by atoms with E-state index in [9.17, 15) is 8.42 Å². The summed E-state index contributed by atoms with van der Waals surface area (Å²) in [4.78, 5) is 3.39. The summed E-state index contributed by atoms with van der Waals surface area (Å²) >= 11 is 0. The molecule has 0 spiro atoms. The van der Waals surface area contributed by atoms with Crippen LogP contribution >= 0.6 is 0 Å². The van der Waals surface area contributed by atoms with E-state index in [1.54, 1.807) is 36.4 Å². The number of nitrogens with one attached hydrogen (secondary N) is 1. The van der Waals surface area contributed by atoms with E-state index < -0.39 is 10.1 Å². The van der Waals surface area contributed by atoms with Crippen LogP contribution in [0.25, 0.3) is 22.0 Å². The van der Waals surface area contributed by atoms with E-state index in [0.717, 1.165) is 33.2 Å². The number of hydrogen-bond donors (Lipinski definition) is 1. The highest BCUT2D eigenvalue weighted by Gasteiger charge is 2.19. The average molecular weight is 377 g/mol. The third-order valence-electron chi connectivity index (χ3n) is 4.57. The molecular formula is C22H19NO3S. The van der Waals surface area contributed by atoms with Gasteiger partial charge in [0.1, 0.15) is 10.6 Å². The molecule has 1 N–H and O–H groups in total. The first-order valence-corrected chi connectivity index (χ1v) is 10.0. The Morgan fingerprint density at radius 2 is 1.63 bits per heavy atom. The number of H-pyrrole nitrogens is 1. The second-order valence-electron chi connectivity index (χ2n) is 6.58. The van der Waals surface area contributed by atoms with Gasteiger partial charge in [0.25, 0.3) is 0 Å². The zero-order valence-electron chi connectivity index (χ0n) is 15.1. The van der Waals surface area contributed by atoms with Crippen molar-refractivity contribution in [1.29, 1.82) is 0 Å². The quantitative estimate of drug-likeness (QED) is 0.496. The zero-order valence-corrected chi connectivity index (χ0v) is 15.9. The fourth-order valence-electron chi connectivity index (χ4n) is 3.15. The lowest BCUT2D eigenvalue weighted by Crippen LogP contribution is -2.10. The van der Waals surface area contributed by atoms with E-state index in [1.165, 1.54) is 0 Å². The molecular weight excluding hydrogens is 358 g/mol. The summed E-state index contributed by atoms with van der Waals surface area (Å²) in [7, 11) is -3.92. The van der Waals surface area contributed by atoms with E-state index in [1.807, 2.05) is 44.3 Å². The second kappa shape index (κ2) is 6.59. The van der Waals surface area contributed by atoms with Crippen LogP contribution < -0.4 is 4.18 Å². The third kappa shape index (κ3) is 3.34. The molecule has 4 rings (SSSR count). The first-order chi connectivity index (χ1) is 12.9. The highest BCUT2D eigenvalue weighted by molar-refractivity contribution is 7.87. The molecule has 0 bridgehead atoms. The fraction of sp³-hybridized carbons (Fsp3) is 0.0909. The SMILES string of the molecule is Cc1ccc2[nH]cc(-c3cc(S(=O)(=O)Oc4ccccc4)ccc3C)c2c1. The molecule has 5 heteroatoms. The molecule has 0 aliphatic heterocycles. The van der Waals surface area contributed by atoms with Gasteiger partial charge < -0.3 is 9.17 Å². The van der Waals surface area contributed by atoms with Crippen LogP contribution in [0.5, 0.6) is 5.75 Å². The Kier molecular flexibility index (Phi) is 4.24. The largest absolute Gasteiger partial charge is 0.379 e. The van der Waals surface area contributed by atoms with Gasteiger partial charge in [-0.15, -0.1) is 0 Å². The van der Waals surface area contributed by atoms with Crippen molar-refractivity contribution in [2.45, 2.75) is 18.7 Å². The van der Waals surface area contributed by atoms with E-state index in [0.29, 0.717) is 5.75 Å². The van der Waals surface area contributed by atoms with Gasteiger partial charge in [0.05, 0.1) is 0 Å². The molecule has 0 amide bonds. The minimum Gasteiger partial charge on any atom is -0.379 e. The highest BCUT2D eigenvalue weighted by Crippen LogP contribution is 2.33. The molecule has 1 heterocycles. The van der Waals surface area contributed by atoms with Crippen LogP contribution in [0, 0.1) is 13.8 Å². The van der Waals surface area contributed by atoms with Gasteiger partial charge in [0.15, 0.2) is 0 Å². The third-order valence-corrected chi connectivity index (χ3v) is 5.82. The summed E-state index contributed by atoms with van der Waals surface area (Å²) in [6.45, 7) is 4.01. The van der Waals surface area contributed by atoms with E-state index >= 15 is 0 Å². The molecule has 0 saturated carbocycles. The molecule has 3 aromatic carbocycles. The van der Waals surface area contributed by atoms with Crippen molar-refractivity contribution >= 4 is 21.0 Å². The number of rotatable bonds is 4. The van der Waals surface area contributed by atoms with Crippen molar-refractivity contribution in [3.63, 3.8) is 0 Å². The lowest BCUT2D eigenvalue weighted by molar-refractivity contribution is 0.486. The van der Waals surface area contributed by atoms with Crippen LogP contribution in [-0.2, 0) is 10.1 Å². The Morgan fingerprint density at radius 3 is 2.41 bits per heavy atom. The van der Waals surface area contributed by atoms with Gasteiger partial charge >= 0.3 is 10.1 Å². The Bertz CT molecular complexity index is 1230. The van der Waals surface area contributed by atoms with Crippen LogP contribution in [0.2, 0.25) is 0 Å². The van der Waals surface area contributed by atoms with Gasteiger partial charge in [-0.1, -0.05) is 35.9 Å². The molecule has 1 aromatic heterocycles. The minimum absolute atomic E-state index is 0.133. The van der Waals surface area contributed by atoms with Crippen LogP contribution in [0.4, 0.5) is 0 Å². The monoisotopic (exact) mass is 377 g/mol. The van der Waals surface area contributed by atoms with Crippen molar-refractivity contribution in [2.75, 3.05) is 0 Å². The van der Waals surface area contributed by atoms with Crippen LogP contribution in [-0.4, -0.2) is 13.4 Å². The molecule has 0 aliphatic carbocycles.